The zero-order valence-corrected chi connectivity index (χ0v) is 8.80. The molecule has 80 valence electrons. The van der Waals surface area contributed by atoms with Gasteiger partial charge in [0.1, 0.15) is 11.9 Å². The highest BCUT2D eigenvalue weighted by Crippen LogP contribution is 2.36. The van der Waals surface area contributed by atoms with Gasteiger partial charge in [0.05, 0.1) is 0 Å². The molecular formula is C13H12N2O. The Morgan fingerprint density at radius 3 is 2.12 bits per heavy atom. The molecule has 1 aliphatic rings. The lowest BCUT2D eigenvalue weighted by molar-refractivity contribution is 0.0475. The van der Waals surface area contributed by atoms with Crippen molar-refractivity contribution in [2.45, 2.75) is 18.4 Å². The molecule has 0 aliphatic heterocycles. The molecule has 0 bridgehead atoms. The Labute approximate surface area is 93.8 Å². The van der Waals surface area contributed by atoms with Crippen molar-refractivity contribution in [2.75, 3.05) is 0 Å². The van der Waals surface area contributed by atoms with Crippen LogP contribution in [0.1, 0.15) is 16.7 Å². The van der Waals surface area contributed by atoms with Crippen molar-refractivity contribution < 1.29 is 5.11 Å². The summed E-state index contributed by atoms with van der Waals surface area (Å²) >= 11 is 0. The molecule has 1 aromatic carbocycles. The molecule has 0 amide bonds. The van der Waals surface area contributed by atoms with E-state index in [1.807, 2.05) is 12.1 Å². The molecule has 1 heterocycles. The van der Waals surface area contributed by atoms with Crippen LogP contribution in [0.3, 0.4) is 0 Å². The Kier molecular flexibility index (Phi) is 2.01. The summed E-state index contributed by atoms with van der Waals surface area (Å²) in [5, 5.41) is 10.6. The molecule has 1 aliphatic carbocycles. The highest BCUT2D eigenvalue weighted by Gasteiger charge is 2.36. The van der Waals surface area contributed by atoms with E-state index < -0.39 is 5.60 Å². The van der Waals surface area contributed by atoms with Crippen molar-refractivity contribution in [3.05, 3.63) is 59.7 Å². The number of aromatic nitrogens is 2. The highest BCUT2D eigenvalue weighted by molar-refractivity contribution is 5.38. The summed E-state index contributed by atoms with van der Waals surface area (Å²) in [4.78, 5) is 7.93. The van der Waals surface area contributed by atoms with Gasteiger partial charge in [-0.2, -0.15) is 0 Å². The second kappa shape index (κ2) is 3.39. The van der Waals surface area contributed by atoms with Gasteiger partial charge in [-0.15, -0.1) is 0 Å². The van der Waals surface area contributed by atoms with Crippen molar-refractivity contribution in [3.8, 4) is 0 Å². The van der Waals surface area contributed by atoms with Crippen LogP contribution >= 0.6 is 0 Å². The minimum atomic E-state index is -0.828. The third-order valence-electron chi connectivity index (χ3n) is 3.18. The zero-order chi connectivity index (χ0) is 11.0. The quantitative estimate of drug-likeness (QED) is 0.778. The molecule has 1 aromatic heterocycles. The zero-order valence-electron chi connectivity index (χ0n) is 8.80. The molecule has 3 nitrogen and oxygen atoms in total. The predicted molar refractivity (Wildman–Crippen MR) is 59.8 cm³/mol. The van der Waals surface area contributed by atoms with Gasteiger partial charge in [-0.3, -0.25) is 0 Å². The van der Waals surface area contributed by atoms with Crippen LogP contribution in [0.5, 0.6) is 0 Å². The lowest BCUT2D eigenvalue weighted by Crippen LogP contribution is -2.26. The Morgan fingerprint density at radius 1 is 1.00 bits per heavy atom. The van der Waals surface area contributed by atoms with E-state index in [0.29, 0.717) is 12.8 Å². The molecule has 0 radical (unpaired) electrons. The van der Waals surface area contributed by atoms with Crippen LogP contribution in [0.15, 0.2) is 43.0 Å². The number of aliphatic hydroxyl groups is 1. The molecular weight excluding hydrogens is 200 g/mol. The fourth-order valence-electron chi connectivity index (χ4n) is 2.34. The number of hydrogen-bond donors (Lipinski definition) is 1. The second-order valence-corrected chi connectivity index (χ2v) is 4.28. The number of nitrogens with zero attached hydrogens (tertiary/aromatic N) is 2. The van der Waals surface area contributed by atoms with Crippen molar-refractivity contribution in [2.24, 2.45) is 0 Å². The van der Waals surface area contributed by atoms with Crippen LogP contribution < -0.4 is 0 Å². The first-order valence-corrected chi connectivity index (χ1v) is 5.33. The van der Waals surface area contributed by atoms with Crippen LogP contribution in [0.2, 0.25) is 0 Å². The van der Waals surface area contributed by atoms with E-state index in [-0.39, 0.29) is 0 Å². The molecule has 0 spiro atoms. The summed E-state index contributed by atoms with van der Waals surface area (Å²) in [5.41, 5.74) is 2.40. The van der Waals surface area contributed by atoms with E-state index >= 15 is 0 Å². The third-order valence-corrected chi connectivity index (χ3v) is 3.18. The van der Waals surface area contributed by atoms with Crippen LogP contribution in [-0.4, -0.2) is 15.1 Å². The summed E-state index contributed by atoms with van der Waals surface area (Å²) in [7, 11) is 0. The van der Waals surface area contributed by atoms with E-state index in [1.54, 1.807) is 12.4 Å². The van der Waals surface area contributed by atoms with Gasteiger partial charge in [0.25, 0.3) is 0 Å². The van der Waals surface area contributed by atoms with Gasteiger partial charge in [-0.05, 0) is 11.1 Å². The Bertz CT molecular complexity index is 485. The average Bonchev–Trinajstić information content (AvgIpc) is 2.68. The van der Waals surface area contributed by atoms with Gasteiger partial charge < -0.3 is 5.11 Å². The smallest absolute Gasteiger partial charge is 0.115 e. The normalized spacial score (nSPS) is 17.1. The van der Waals surface area contributed by atoms with Crippen molar-refractivity contribution in [1.29, 1.82) is 0 Å². The molecule has 3 rings (SSSR count). The Morgan fingerprint density at radius 2 is 1.56 bits per heavy atom. The van der Waals surface area contributed by atoms with Crippen LogP contribution in [0.25, 0.3) is 0 Å². The van der Waals surface area contributed by atoms with E-state index in [4.69, 9.17) is 0 Å². The van der Waals surface area contributed by atoms with Gasteiger partial charge in [0, 0.05) is 30.8 Å². The highest BCUT2D eigenvalue weighted by atomic mass is 16.3. The maximum Gasteiger partial charge on any atom is 0.115 e. The molecule has 0 fully saturated rings. The molecule has 1 N–H and O–H groups in total. The summed E-state index contributed by atoms with van der Waals surface area (Å²) in [6.07, 6.45) is 6.17. The second-order valence-electron chi connectivity index (χ2n) is 4.28. The van der Waals surface area contributed by atoms with Gasteiger partial charge >= 0.3 is 0 Å². The molecule has 0 atom stereocenters. The van der Waals surface area contributed by atoms with Gasteiger partial charge in [0.15, 0.2) is 0 Å². The van der Waals surface area contributed by atoms with E-state index in [2.05, 4.69) is 22.1 Å². The van der Waals surface area contributed by atoms with Crippen LogP contribution in [-0.2, 0) is 18.4 Å². The average molecular weight is 212 g/mol. The maximum atomic E-state index is 10.6. The standard InChI is InChI=1S/C13H12N2O/c16-13(12-7-14-9-15-8-12)5-10-3-1-2-4-11(10)6-13/h1-4,7-9,16H,5-6H2. The first kappa shape index (κ1) is 9.48. The fourth-order valence-corrected chi connectivity index (χ4v) is 2.34. The van der Waals surface area contributed by atoms with Crippen molar-refractivity contribution in [1.82, 2.24) is 9.97 Å². The maximum absolute atomic E-state index is 10.6. The number of hydrogen-bond acceptors (Lipinski definition) is 3. The van der Waals surface area contributed by atoms with Crippen molar-refractivity contribution in [3.63, 3.8) is 0 Å². The first-order chi connectivity index (χ1) is 7.78. The van der Waals surface area contributed by atoms with Crippen LogP contribution in [0, 0.1) is 0 Å². The van der Waals surface area contributed by atoms with Crippen LogP contribution in [0.4, 0.5) is 0 Å². The summed E-state index contributed by atoms with van der Waals surface area (Å²) in [6.45, 7) is 0. The molecule has 0 saturated carbocycles. The summed E-state index contributed by atoms with van der Waals surface area (Å²) < 4.78 is 0. The number of benzene rings is 1. The lowest BCUT2D eigenvalue weighted by Gasteiger charge is -2.21. The molecule has 3 heteroatoms. The Hall–Kier alpha value is -1.74. The molecule has 2 aromatic rings. The monoisotopic (exact) mass is 212 g/mol. The molecule has 0 unspecified atom stereocenters. The predicted octanol–water partition coefficient (Wildman–Crippen LogP) is 1.46. The lowest BCUT2D eigenvalue weighted by atomic mass is 9.93. The minimum Gasteiger partial charge on any atom is -0.384 e. The minimum absolute atomic E-state index is 0.649. The topological polar surface area (TPSA) is 46.0 Å². The van der Waals surface area contributed by atoms with E-state index in [1.165, 1.54) is 17.5 Å². The van der Waals surface area contributed by atoms with E-state index in [0.717, 1.165) is 5.56 Å². The van der Waals surface area contributed by atoms with Gasteiger partial charge in [0.2, 0.25) is 0 Å². The molecule has 16 heavy (non-hydrogen) atoms. The largest absolute Gasteiger partial charge is 0.384 e. The fraction of sp³-hybridized carbons (Fsp3) is 0.231. The molecule has 0 saturated heterocycles. The van der Waals surface area contributed by atoms with Crippen molar-refractivity contribution >= 4 is 0 Å². The first-order valence-electron chi connectivity index (χ1n) is 5.33. The SMILES string of the molecule is OC1(c2cncnc2)Cc2ccccc2C1. The van der Waals surface area contributed by atoms with E-state index in [9.17, 15) is 5.11 Å². The number of rotatable bonds is 1. The third kappa shape index (κ3) is 1.41. The Balaban J connectivity index is 2.01. The number of fused-ring (bicyclic) bond motifs is 1. The summed E-state index contributed by atoms with van der Waals surface area (Å²) in [5.74, 6) is 0. The van der Waals surface area contributed by atoms with Gasteiger partial charge in [-0.25, -0.2) is 9.97 Å². The van der Waals surface area contributed by atoms with Gasteiger partial charge in [-0.1, -0.05) is 24.3 Å². The summed E-state index contributed by atoms with van der Waals surface area (Å²) in [6, 6.07) is 8.15.